The second-order valence-electron chi connectivity index (χ2n) is 5.83. The van der Waals surface area contributed by atoms with Gasteiger partial charge < -0.3 is 4.55 Å². The van der Waals surface area contributed by atoms with E-state index >= 15 is 0 Å². The summed E-state index contributed by atoms with van der Waals surface area (Å²) in [5.74, 6) is -68.9. The molecule has 0 rings (SSSR count). The number of hydrogen-bond acceptors (Lipinski definition) is 3. The Morgan fingerprint density at radius 3 is 0.882 bits per heavy atom. The van der Waals surface area contributed by atoms with Crippen molar-refractivity contribution >= 4 is 10.1 Å². The number of hydrogen-bond donors (Lipinski definition) is 0. The molecule has 0 saturated carbocycles. The molecular formula is C10H2F19KO3S. The summed E-state index contributed by atoms with van der Waals surface area (Å²) in [6.07, 6.45) is 0. The average Bonchev–Trinajstić information content (AvgIpc) is 2.59. The van der Waals surface area contributed by atoms with Crippen LogP contribution in [0.15, 0.2) is 0 Å². The first-order chi connectivity index (χ1) is 13.8. The zero-order valence-corrected chi connectivity index (χ0v) is 19.0. The van der Waals surface area contributed by atoms with Crippen LogP contribution in [0.25, 0.3) is 0 Å². The molecule has 24 heteroatoms. The summed E-state index contributed by atoms with van der Waals surface area (Å²) in [6.45, 7) is -4.10. The SMILES string of the molecule is O=S(=O)([O-])C(F)(F)C(F)(F)C(F)(F)C(F)(F)C(F)(F)C(F)(F)C(F)(F)C(F)(F)C(F)(F)CF.[K+]. The molecule has 0 heterocycles. The van der Waals surface area contributed by atoms with Gasteiger partial charge in [0.05, 0.1) is 0 Å². The fraction of sp³-hybridized carbons (Fsp3) is 1.00. The van der Waals surface area contributed by atoms with E-state index in [0.717, 1.165) is 0 Å². The third-order valence-corrected chi connectivity index (χ3v) is 4.56. The van der Waals surface area contributed by atoms with Gasteiger partial charge in [0.25, 0.3) is 0 Å². The van der Waals surface area contributed by atoms with Gasteiger partial charge in [0, 0.05) is 0 Å². The van der Waals surface area contributed by atoms with E-state index in [1.807, 2.05) is 0 Å². The van der Waals surface area contributed by atoms with Crippen LogP contribution in [0.2, 0.25) is 0 Å². The van der Waals surface area contributed by atoms with E-state index in [9.17, 15) is 96.4 Å². The Labute approximate surface area is 216 Å². The minimum Gasteiger partial charge on any atom is -0.743 e. The topological polar surface area (TPSA) is 57.2 Å². The van der Waals surface area contributed by atoms with Gasteiger partial charge in [-0.1, -0.05) is 0 Å². The Bertz CT molecular complexity index is 850. The van der Waals surface area contributed by atoms with Gasteiger partial charge >= 0.3 is 104 Å². The molecule has 0 aromatic heterocycles. The average molecular weight is 602 g/mol. The second-order valence-corrected chi connectivity index (χ2v) is 7.25. The van der Waals surface area contributed by atoms with Crippen LogP contribution in [0.1, 0.15) is 0 Å². The number of alkyl halides is 19. The summed E-state index contributed by atoms with van der Waals surface area (Å²) >= 11 is 0. The summed E-state index contributed by atoms with van der Waals surface area (Å²) in [5.41, 5.74) is 0. The van der Waals surface area contributed by atoms with Crippen molar-refractivity contribution in [2.45, 2.75) is 52.6 Å². The number of halogens is 19. The molecule has 0 aliphatic heterocycles. The molecule has 0 aromatic rings. The summed E-state index contributed by atoms with van der Waals surface area (Å²) in [4.78, 5) is 0. The molecule has 3 nitrogen and oxygen atoms in total. The Kier molecular flexibility index (Phi) is 9.84. The Hall–Kier alpha value is 0.216. The molecule has 0 amide bonds. The zero-order valence-electron chi connectivity index (χ0n) is 15.0. The molecule has 0 fully saturated rings. The third-order valence-electron chi connectivity index (χ3n) is 3.67. The molecule has 0 aliphatic rings. The van der Waals surface area contributed by atoms with Gasteiger partial charge in [-0.15, -0.1) is 0 Å². The molecule has 0 atom stereocenters. The van der Waals surface area contributed by atoms with Crippen LogP contribution in [0.5, 0.6) is 0 Å². The van der Waals surface area contributed by atoms with Gasteiger partial charge in [-0.3, -0.25) is 0 Å². The fourth-order valence-corrected chi connectivity index (χ4v) is 2.08. The van der Waals surface area contributed by atoms with Crippen LogP contribution in [0.3, 0.4) is 0 Å². The van der Waals surface area contributed by atoms with Gasteiger partial charge in [-0.25, -0.2) is 12.8 Å². The van der Waals surface area contributed by atoms with Crippen molar-refractivity contribution in [3.05, 3.63) is 0 Å². The molecule has 200 valence electrons. The number of rotatable bonds is 10. The predicted molar refractivity (Wildman–Crippen MR) is 60.2 cm³/mol. The second kappa shape index (κ2) is 9.20. The molecule has 0 radical (unpaired) electrons. The van der Waals surface area contributed by atoms with Crippen molar-refractivity contribution in [2.24, 2.45) is 0 Å². The van der Waals surface area contributed by atoms with Crippen molar-refractivity contribution in [3.8, 4) is 0 Å². The summed E-state index contributed by atoms with van der Waals surface area (Å²) in [6, 6.07) is 0. The Morgan fingerprint density at radius 2 is 0.676 bits per heavy atom. The molecule has 0 saturated heterocycles. The Balaban J connectivity index is 0. The van der Waals surface area contributed by atoms with Crippen LogP contribution < -0.4 is 51.4 Å². The summed E-state index contributed by atoms with van der Waals surface area (Å²) in [7, 11) is -8.25. The third kappa shape index (κ3) is 4.43. The van der Waals surface area contributed by atoms with E-state index in [1.54, 1.807) is 0 Å². The van der Waals surface area contributed by atoms with Crippen LogP contribution in [-0.4, -0.2) is 72.3 Å². The Morgan fingerprint density at radius 1 is 0.471 bits per heavy atom. The fourth-order valence-electron chi connectivity index (χ4n) is 1.64. The summed E-state index contributed by atoms with van der Waals surface area (Å²) in [5, 5.41) is -8.06. The monoisotopic (exact) mass is 602 g/mol. The van der Waals surface area contributed by atoms with E-state index < -0.39 is 69.4 Å². The first kappa shape index (κ1) is 36.4. The molecule has 0 bridgehead atoms. The largest absolute Gasteiger partial charge is 1.00 e. The van der Waals surface area contributed by atoms with Crippen LogP contribution in [0, 0.1) is 0 Å². The zero-order chi connectivity index (χ0) is 27.7. The van der Waals surface area contributed by atoms with Crippen molar-refractivity contribution in [3.63, 3.8) is 0 Å². The maximum atomic E-state index is 13.3. The van der Waals surface area contributed by atoms with E-state index in [0.29, 0.717) is 0 Å². The van der Waals surface area contributed by atoms with Crippen LogP contribution in [-0.2, 0) is 10.1 Å². The van der Waals surface area contributed by atoms with E-state index in [4.69, 9.17) is 0 Å². The molecule has 0 spiro atoms. The molecule has 0 unspecified atom stereocenters. The minimum atomic E-state index is -9.13. The predicted octanol–water partition coefficient (Wildman–Crippen LogP) is 2.18. The standard InChI is InChI=1S/C10H3F19O3S.K/c11-1-2(12,13)3(14,15)4(16,17)5(18,19)6(20,21)7(22,23)8(24,25)9(26,27)10(28,29)33(30,31)32;/h1H2,(H,30,31,32);/q;+1/p-1. The quantitative estimate of drug-likeness (QED) is 0.219. The molecule has 0 aliphatic carbocycles. The molecule has 0 N–H and O–H groups in total. The normalized spacial score (nSPS) is 16.4. The van der Waals surface area contributed by atoms with Crippen molar-refractivity contribution in [1.29, 1.82) is 0 Å². The van der Waals surface area contributed by atoms with Gasteiger partial charge in [-0.2, -0.15) is 79.0 Å². The molecule has 0 aromatic carbocycles. The van der Waals surface area contributed by atoms with Crippen LogP contribution >= 0.6 is 0 Å². The first-order valence-corrected chi connectivity index (χ1v) is 8.13. The van der Waals surface area contributed by atoms with E-state index in [2.05, 4.69) is 0 Å². The van der Waals surface area contributed by atoms with Gasteiger partial charge in [-0.05, 0) is 0 Å². The molecule has 34 heavy (non-hydrogen) atoms. The van der Waals surface area contributed by atoms with Crippen molar-refractivity contribution in [1.82, 2.24) is 0 Å². The van der Waals surface area contributed by atoms with Gasteiger partial charge in [0.15, 0.2) is 16.8 Å². The first-order valence-electron chi connectivity index (χ1n) is 6.73. The van der Waals surface area contributed by atoms with E-state index in [1.165, 1.54) is 0 Å². The van der Waals surface area contributed by atoms with Crippen molar-refractivity contribution in [2.75, 3.05) is 6.67 Å². The van der Waals surface area contributed by atoms with Gasteiger partial charge in [0.1, 0.15) is 0 Å². The molecular weight excluding hydrogens is 600 g/mol. The van der Waals surface area contributed by atoms with Crippen LogP contribution in [0.4, 0.5) is 83.4 Å². The maximum Gasteiger partial charge on any atom is 1.00 e. The summed E-state index contributed by atoms with van der Waals surface area (Å²) < 4.78 is 276. The van der Waals surface area contributed by atoms with E-state index in [-0.39, 0.29) is 51.4 Å². The van der Waals surface area contributed by atoms with Crippen molar-refractivity contribution < 1.29 is 148 Å². The smallest absolute Gasteiger partial charge is 0.743 e. The van der Waals surface area contributed by atoms with Gasteiger partial charge in [0.2, 0.25) is 0 Å². The minimum absolute atomic E-state index is 0. The maximum absolute atomic E-state index is 13.3.